The highest BCUT2D eigenvalue weighted by Crippen LogP contribution is 2.48. The van der Waals surface area contributed by atoms with Gasteiger partial charge in [0.2, 0.25) is 5.91 Å². The summed E-state index contributed by atoms with van der Waals surface area (Å²) in [6.07, 6.45) is -0.430. The van der Waals surface area contributed by atoms with Crippen molar-refractivity contribution >= 4 is 29.2 Å². The van der Waals surface area contributed by atoms with E-state index in [0.717, 1.165) is 18.2 Å². The third-order valence-corrected chi connectivity index (χ3v) is 4.93. The summed E-state index contributed by atoms with van der Waals surface area (Å²) < 4.78 is 38.4. The van der Waals surface area contributed by atoms with E-state index in [9.17, 15) is 27.9 Å². The summed E-state index contributed by atoms with van der Waals surface area (Å²) in [6.45, 7) is 0. The number of hydrogen-bond acceptors (Lipinski definition) is 2. The molecule has 0 unspecified atom stereocenters. The smallest absolute Gasteiger partial charge is 0.416 e. The van der Waals surface area contributed by atoms with E-state index in [1.165, 1.54) is 0 Å². The first-order valence-electron chi connectivity index (χ1n) is 7.27. The molecule has 0 saturated heterocycles. The van der Waals surface area contributed by atoms with E-state index in [1.807, 2.05) is 0 Å². The molecular formula is C16H13ClF3NO3. The first-order chi connectivity index (χ1) is 11.2. The van der Waals surface area contributed by atoms with Crippen LogP contribution in [0.4, 0.5) is 18.9 Å². The highest BCUT2D eigenvalue weighted by Gasteiger charge is 2.51. The number of benzene rings is 1. The lowest BCUT2D eigenvalue weighted by atomic mass is 9.82. The van der Waals surface area contributed by atoms with Crippen molar-refractivity contribution in [3.63, 3.8) is 0 Å². The number of carboxylic acid groups (broad SMARTS) is 1. The number of allylic oxidation sites excluding steroid dienone is 2. The Bertz CT molecular complexity index is 732. The summed E-state index contributed by atoms with van der Waals surface area (Å²) in [5.74, 6) is -3.84. The number of rotatable bonds is 3. The maximum atomic E-state index is 12.8. The molecule has 2 bridgehead atoms. The van der Waals surface area contributed by atoms with Crippen molar-refractivity contribution in [3.8, 4) is 0 Å². The summed E-state index contributed by atoms with van der Waals surface area (Å²) in [4.78, 5) is 23.9. The summed E-state index contributed by atoms with van der Waals surface area (Å²) >= 11 is 5.86. The zero-order valence-corrected chi connectivity index (χ0v) is 12.9. The van der Waals surface area contributed by atoms with Crippen molar-refractivity contribution in [2.45, 2.75) is 12.6 Å². The van der Waals surface area contributed by atoms with Gasteiger partial charge >= 0.3 is 12.1 Å². The van der Waals surface area contributed by atoms with Crippen LogP contribution in [0.3, 0.4) is 0 Å². The Labute approximate surface area is 140 Å². The standard InChI is InChI=1S/C16H13ClF3NO3/c17-10-4-3-9(16(18,19)20)6-11(10)21-14(22)12-7-1-2-8(5-7)13(12)15(23)24/h1-4,6-8,12-13H,5H2,(H,21,22)(H,23,24)/t7-,8-,12-,13-/m0/s1. The van der Waals surface area contributed by atoms with Gasteiger partial charge in [0.1, 0.15) is 0 Å². The largest absolute Gasteiger partial charge is 0.481 e. The molecule has 3 rings (SSSR count). The first-order valence-corrected chi connectivity index (χ1v) is 7.65. The number of carbonyl (C=O) groups excluding carboxylic acids is 1. The molecule has 1 aromatic rings. The SMILES string of the molecule is O=C(O)[C@@H]1[C@@H](C(=O)Nc2cc(C(F)(F)F)ccc2Cl)[C@H]2C=C[C@H]1C2. The fourth-order valence-electron chi connectivity index (χ4n) is 3.53. The van der Waals surface area contributed by atoms with Gasteiger partial charge in [-0.1, -0.05) is 23.8 Å². The van der Waals surface area contributed by atoms with Gasteiger partial charge in [0.15, 0.2) is 0 Å². The lowest BCUT2D eigenvalue weighted by Crippen LogP contribution is -2.36. The summed E-state index contributed by atoms with van der Waals surface area (Å²) in [7, 11) is 0. The number of aliphatic carboxylic acids is 1. The Hall–Kier alpha value is -2.02. The number of amides is 1. The number of anilines is 1. The molecule has 0 aromatic heterocycles. The van der Waals surface area contributed by atoms with Crippen molar-refractivity contribution in [1.82, 2.24) is 0 Å². The van der Waals surface area contributed by atoms with E-state index in [2.05, 4.69) is 5.32 Å². The van der Waals surface area contributed by atoms with Crippen molar-refractivity contribution in [2.75, 3.05) is 5.32 Å². The molecule has 24 heavy (non-hydrogen) atoms. The van der Waals surface area contributed by atoms with E-state index in [-0.39, 0.29) is 22.5 Å². The van der Waals surface area contributed by atoms with Crippen molar-refractivity contribution in [1.29, 1.82) is 0 Å². The van der Waals surface area contributed by atoms with Crippen LogP contribution >= 0.6 is 11.6 Å². The molecule has 0 aliphatic heterocycles. The number of hydrogen-bond donors (Lipinski definition) is 2. The van der Waals surface area contributed by atoms with Crippen molar-refractivity contribution in [2.24, 2.45) is 23.7 Å². The molecule has 0 radical (unpaired) electrons. The van der Waals surface area contributed by atoms with Crippen LogP contribution in [-0.4, -0.2) is 17.0 Å². The maximum Gasteiger partial charge on any atom is 0.416 e. The molecule has 2 aliphatic rings. The van der Waals surface area contributed by atoms with Gasteiger partial charge in [0.05, 0.1) is 28.1 Å². The van der Waals surface area contributed by atoms with Crippen LogP contribution < -0.4 is 5.32 Å². The first kappa shape index (κ1) is 16.8. The number of alkyl halides is 3. The zero-order valence-electron chi connectivity index (χ0n) is 12.2. The van der Waals surface area contributed by atoms with Crippen LogP contribution in [0.15, 0.2) is 30.4 Å². The zero-order chi connectivity index (χ0) is 17.6. The van der Waals surface area contributed by atoms with Crippen LogP contribution in [0.1, 0.15) is 12.0 Å². The molecule has 128 valence electrons. The monoisotopic (exact) mass is 359 g/mol. The topological polar surface area (TPSA) is 66.4 Å². The predicted molar refractivity (Wildman–Crippen MR) is 80.4 cm³/mol. The van der Waals surface area contributed by atoms with Crippen LogP contribution in [0.2, 0.25) is 5.02 Å². The highest BCUT2D eigenvalue weighted by molar-refractivity contribution is 6.33. The highest BCUT2D eigenvalue weighted by atomic mass is 35.5. The predicted octanol–water partition coefficient (Wildman–Crippen LogP) is 3.82. The number of fused-ring (bicyclic) bond motifs is 2. The summed E-state index contributed by atoms with van der Waals surface area (Å²) in [5, 5.41) is 11.7. The molecule has 2 aliphatic carbocycles. The van der Waals surface area contributed by atoms with Gasteiger partial charge in [-0.15, -0.1) is 0 Å². The minimum atomic E-state index is -4.57. The number of carbonyl (C=O) groups is 2. The van der Waals surface area contributed by atoms with Gasteiger partial charge in [-0.3, -0.25) is 9.59 Å². The van der Waals surface area contributed by atoms with Crippen LogP contribution in [0.25, 0.3) is 0 Å². The van der Waals surface area contributed by atoms with E-state index in [1.54, 1.807) is 12.2 Å². The molecule has 1 amide bonds. The van der Waals surface area contributed by atoms with Gasteiger partial charge in [0.25, 0.3) is 0 Å². The Morgan fingerprint density at radius 1 is 1.17 bits per heavy atom. The lowest BCUT2D eigenvalue weighted by Gasteiger charge is -2.24. The molecule has 0 spiro atoms. The number of halogens is 4. The summed E-state index contributed by atoms with van der Waals surface area (Å²) in [6, 6.07) is 2.62. The van der Waals surface area contributed by atoms with E-state index < -0.39 is 35.5 Å². The average Bonchev–Trinajstić information content (AvgIpc) is 3.08. The molecule has 4 atom stereocenters. The molecule has 1 fully saturated rings. The quantitative estimate of drug-likeness (QED) is 0.806. The Morgan fingerprint density at radius 2 is 1.79 bits per heavy atom. The van der Waals surface area contributed by atoms with Gasteiger partial charge in [-0.05, 0) is 36.5 Å². The molecule has 2 N–H and O–H groups in total. The molecule has 0 heterocycles. The summed E-state index contributed by atoms with van der Waals surface area (Å²) in [5.41, 5.74) is -1.11. The van der Waals surface area contributed by atoms with Gasteiger partial charge < -0.3 is 10.4 Å². The third-order valence-electron chi connectivity index (χ3n) is 4.60. The molecule has 8 heteroatoms. The van der Waals surface area contributed by atoms with Gasteiger partial charge in [-0.25, -0.2) is 0 Å². The van der Waals surface area contributed by atoms with E-state index >= 15 is 0 Å². The third kappa shape index (κ3) is 2.88. The fraction of sp³-hybridized carbons (Fsp3) is 0.375. The van der Waals surface area contributed by atoms with Crippen LogP contribution in [0.5, 0.6) is 0 Å². The second-order valence-corrected chi connectivity index (χ2v) is 6.43. The normalized spacial score (nSPS) is 28.2. The second-order valence-electron chi connectivity index (χ2n) is 6.02. The van der Waals surface area contributed by atoms with E-state index in [4.69, 9.17) is 11.6 Å². The molecule has 1 saturated carbocycles. The van der Waals surface area contributed by atoms with Crippen LogP contribution in [-0.2, 0) is 15.8 Å². The molecule has 1 aromatic carbocycles. The fourth-order valence-corrected chi connectivity index (χ4v) is 3.69. The average molecular weight is 360 g/mol. The van der Waals surface area contributed by atoms with Gasteiger partial charge in [-0.2, -0.15) is 13.2 Å². The number of carboxylic acids is 1. The van der Waals surface area contributed by atoms with Crippen molar-refractivity contribution < 1.29 is 27.9 Å². The van der Waals surface area contributed by atoms with Gasteiger partial charge in [0, 0.05) is 0 Å². The lowest BCUT2D eigenvalue weighted by molar-refractivity contribution is -0.146. The molecular weight excluding hydrogens is 347 g/mol. The van der Waals surface area contributed by atoms with Crippen molar-refractivity contribution in [3.05, 3.63) is 40.9 Å². The Morgan fingerprint density at radius 3 is 2.38 bits per heavy atom. The molecule has 4 nitrogen and oxygen atoms in total. The minimum absolute atomic E-state index is 0.0399. The minimum Gasteiger partial charge on any atom is -0.481 e. The Balaban J connectivity index is 1.85. The van der Waals surface area contributed by atoms with Crippen LogP contribution in [0, 0.1) is 23.7 Å². The second kappa shape index (κ2) is 5.81. The Kier molecular flexibility index (Phi) is 4.07. The number of nitrogens with one attached hydrogen (secondary N) is 1. The maximum absolute atomic E-state index is 12.8. The van der Waals surface area contributed by atoms with E-state index in [0.29, 0.717) is 6.42 Å².